The lowest BCUT2D eigenvalue weighted by Crippen LogP contribution is -2.40. The van der Waals surface area contributed by atoms with Crippen molar-refractivity contribution in [3.05, 3.63) is 48.5 Å². The molecule has 1 atom stereocenters. The molecule has 2 saturated heterocycles. The molecule has 38 heavy (non-hydrogen) atoms. The van der Waals surface area contributed by atoms with Gasteiger partial charge in [-0.2, -0.15) is 0 Å². The zero-order valence-electron chi connectivity index (χ0n) is 22.5. The zero-order valence-corrected chi connectivity index (χ0v) is 23.3. The average Bonchev–Trinajstić information content (AvgIpc) is 3.15. The van der Waals surface area contributed by atoms with Gasteiger partial charge in [-0.25, -0.2) is 0 Å². The standard InChI is InChI=1S/C29H38N4O4S/c1-4-37-25-12-8-23(9-13-25)33-28(35)26(20-27(34)30-22-6-10-24(36-3)11-7-22)32(29(33)38)17-5-16-31-18-14-21(2)15-19-31/h6-13,21,26H,4-5,14-20H2,1-3H3,(H,30,34)/t26-/m1/s1. The molecule has 2 amide bonds. The van der Waals surface area contributed by atoms with Crippen molar-refractivity contribution >= 4 is 40.5 Å². The number of benzene rings is 2. The number of piperidine rings is 1. The number of thiocarbonyl (C=S) groups is 1. The summed E-state index contributed by atoms with van der Waals surface area (Å²) >= 11 is 5.82. The predicted octanol–water partition coefficient (Wildman–Crippen LogP) is 4.55. The van der Waals surface area contributed by atoms with E-state index in [0.29, 0.717) is 35.4 Å². The third-order valence-corrected chi connectivity index (χ3v) is 7.64. The van der Waals surface area contributed by atoms with Gasteiger partial charge >= 0.3 is 0 Å². The zero-order chi connectivity index (χ0) is 27.1. The van der Waals surface area contributed by atoms with Crippen LogP contribution in [-0.2, 0) is 9.59 Å². The Morgan fingerprint density at radius 1 is 1.03 bits per heavy atom. The topological polar surface area (TPSA) is 74.3 Å². The van der Waals surface area contributed by atoms with Crippen LogP contribution in [0.2, 0.25) is 0 Å². The Bertz CT molecular complexity index is 1100. The van der Waals surface area contributed by atoms with Crippen LogP contribution in [0.1, 0.15) is 39.5 Å². The summed E-state index contributed by atoms with van der Waals surface area (Å²) in [5.74, 6) is 1.80. The van der Waals surface area contributed by atoms with Crippen molar-refractivity contribution in [3.63, 3.8) is 0 Å². The summed E-state index contributed by atoms with van der Waals surface area (Å²) in [6, 6.07) is 13.8. The highest BCUT2D eigenvalue weighted by Gasteiger charge is 2.44. The fourth-order valence-corrected chi connectivity index (χ4v) is 5.41. The second-order valence-electron chi connectivity index (χ2n) is 9.95. The van der Waals surface area contributed by atoms with Crippen molar-refractivity contribution in [2.45, 2.75) is 45.6 Å². The van der Waals surface area contributed by atoms with Crippen LogP contribution >= 0.6 is 12.2 Å². The first kappa shape index (κ1) is 27.9. The quantitative estimate of drug-likeness (QED) is 0.421. The van der Waals surface area contributed by atoms with E-state index in [-0.39, 0.29) is 18.2 Å². The molecule has 0 unspecified atom stereocenters. The van der Waals surface area contributed by atoms with E-state index >= 15 is 0 Å². The SMILES string of the molecule is CCOc1ccc(N2C(=O)[C@@H](CC(=O)Nc3ccc(OC)cc3)N(CCCN3CCC(C)CC3)C2=S)cc1. The lowest BCUT2D eigenvalue weighted by Gasteiger charge is -2.31. The maximum absolute atomic E-state index is 13.7. The van der Waals surface area contributed by atoms with Gasteiger partial charge in [0.2, 0.25) is 5.91 Å². The summed E-state index contributed by atoms with van der Waals surface area (Å²) in [7, 11) is 1.60. The molecule has 8 nitrogen and oxygen atoms in total. The molecule has 0 spiro atoms. The van der Waals surface area contributed by atoms with E-state index < -0.39 is 6.04 Å². The van der Waals surface area contributed by atoms with Crippen molar-refractivity contribution in [3.8, 4) is 11.5 Å². The lowest BCUT2D eigenvalue weighted by atomic mass is 9.99. The first-order chi connectivity index (χ1) is 18.4. The molecule has 0 radical (unpaired) electrons. The van der Waals surface area contributed by atoms with E-state index in [1.54, 1.807) is 36.3 Å². The number of hydrogen-bond acceptors (Lipinski definition) is 6. The summed E-state index contributed by atoms with van der Waals surface area (Å²) < 4.78 is 10.7. The minimum absolute atomic E-state index is 0.0137. The molecule has 0 aromatic heterocycles. The smallest absolute Gasteiger partial charge is 0.256 e. The Balaban J connectivity index is 1.46. The van der Waals surface area contributed by atoms with Crippen molar-refractivity contribution in [2.75, 3.05) is 50.1 Å². The van der Waals surface area contributed by atoms with E-state index in [1.807, 2.05) is 36.1 Å². The number of likely N-dealkylation sites (tertiary alicyclic amines) is 1. The second kappa shape index (κ2) is 13.1. The van der Waals surface area contributed by atoms with Crippen LogP contribution in [-0.4, -0.2) is 72.7 Å². The lowest BCUT2D eigenvalue weighted by molar-refractivity contribution is -0.124. The molecule has 2 heterocycles. The second-order valence-corrected chi connectivity index (χ2v) is 10.3. The molecule has 2 aliphatic heterocycles. The van der Waals surface area contributed by atoms with Gasteiger partial charge in [-0.05, 0) is 112 Å². The van der Waals surface area contributed by atoms with E-state index in [4.69, 9.17) is 21.7 Å². The molecule has 2 aromatic carbocycles. The summed E-state index contributed by atoms with van der Waals surface area (Å²) in [6.45, 7) is 8.58. The van der Waals surface area contributed by atoms with Crippen LogP contribution in [0.5, 0.6) is 11.5 Å². The van der Waals surface area contributed by atoms with Gasteiger partial charge in [0.05, 0.1) is 25.8 Å². The van der Waals surface area contributed by atoms with E-state index in [9.17, 15) is 9.59 Å². The number of ether oxygens (including phenoxy) is 2. The third kappa shape index (κ3) is 6.82. The number of anilines is 2. The van der Waals surface area contributed by atoms with Gasteiger partial charge in [0.1, 0.15) is 17.5 Å². The molecular formula is C29H38N4O4S. The maximum Gasteiger partial charge on any atom is 0.256 e. The van der Waals surface area contributed by atoms with Gasteiger partial charge in [0, 0.05) is 12.2 Å². The minimum atomic E-state index is -0.659. The summed E-state index contributed by atoms with van der Waals surface area (Å²) in [5, 5.41) is 3.34. The van der Waals surface area contributed by atoms with Crippen LogP contribution in [0.4, 0.5) is 11.4 Å². The van der Waals surface area contributed by atoms with Crippen LogP contribution in [0.3, 0.4) is 0 Å². The number of nitrogens with one attached hydrogen (secondary N) is 1. The molecule has 2 aliphatic rings. The number of hydrogen-bond donors (Lipinski definition) is 1. The third-order valence-electron chi connectivity index (χ3n) is 7.23. The molecule has 0 aliphatic carbocycles. The highest BCUT2D eigenvalue weighted by Crippen LogP contribution is 2.29. The molecule has 0 saturated carbocycles. The summed E-state index contributed by atoms with van der Waals surface area (Å²) in [5.41, 5.74) is 1.33. The van der Waals surface area contributed by atoms with Gasteiger partial charge < -0.3 is 24.6 Å². The first-order valence-corrected chi connectivity index (χ1v) is 13.8. The number of carbonyl (C=O) groups is 2. The number of methoxy groups -OCH3 is 1. The molecule has 9 heteroatoms. The van der Waals surface area contributed by atoms with Gasteiger partial charge in [-0.1, -0.05) is 6.92 Å². The van der Waals surface area contributed by atoms with Gasteiger partial charge in [-0.15, -0.1) is 0 Å². The van der Waals surface area contributed by atoms with Crippen molar-refractivity contribution in [1.82, 2.24) is 9.80 Å². The fourth-order valence-electron chi connectivity index (χ4n) is 5.00. The van der Waals surface area contributed by atoms with Crippen molar-refractivity contribution in [1.29, 1.82) is 0 Å². The summed E-state index contributed by atoms with van der Waals surface area (Å²) in [4.78, 5) is 32.7. The van der Waals surface area contributed by atoms with Gasteiger partial charge in [-0.3, -0.25) is 14.5 Å². The Morgan fingerprint density at radius 2 is 1.68 bits per heavy atom. The highest BCUT2D eigenvalue weighted by molar-refractivity contribution is 7.80. The molecule has 204 valence electrons. The number of rotatable bonds is 11. The largest absolute Gasteiger partial charge is 0.497 e. The monoisotopic (exact) mass is 538 g/mol. The van der Waals surface area contributed by atoms with Crippen LogP contribution in [0.25, 0.3) is 0 Å². The Morgan fingerprint density at radius 3 is 2.32 bits per heavy atom. The van der Waals surface area contributed by atoms with Crippen molar-refractivity contribution < 1.29 is 19.1 Å². The van der Waals surface area contributed by atoms with E-state index in [1.165, 1.54) is 12.8 Å². The highest BCUT2D eigenvalue weighted by atomic mass is 32.1. The summed E-state index contributed by atoms with van der Waals surface area (Å²) in [6.07, 6.45) is 3.33. The van der Waals surface area contributed by atoms with Gasteiger partial charge in [0.25, 0.3) is 5.91 Å². The van der Waals surface area contributed by atoms with Crippen molar-refractivity contribution in [2.24, 2.45) is 5.92 Å². The fraction of sp³-hybridized carbons (Fsp3) is 0.483. The van der Waals surface area contributed by atoms with Crippen LogP contribution in [0.15, 0.2) is 48.5 Å². The van der Waals surface area contributed by atoms with Crippen LogP contribution in [0, 0.1) is 5.92 Å². The number of amides is 2. The molecule has 4 rings (SSSR count). The Hall–Kier alpha value is -3.17. The molecule has 2 aromatic rings. The Labute approximate surface area is 230 Å². The predicted molar refractivity (Wildman–Crippen MR) is 154 cm³/mol. The maximum atomic E-state index is 13.7. The molecule has 0 bridgehead atoms. The van der Waals surface area contributed by atoms with E-state index in [0.717, 1.165) is 37.7 Å². The van der Waals surface area contributed by atoms with Gasteiger partial charge in [0.15, 0.2) is 5.11 Å². The normalized spacial score (nSPS) is 18.7. The molecule has 2 fully saturated rings. The number of nitrogens with zero attached hydrogens (tertiary/aromatic N) is 3. The molecular weight excluding hydrogens is 500 g/mol. The Kier molecular flexibility index (Phi) is 9.58. The minimum Gasteiger partial charge on any atom is -0.497 e. The first-order valence-electron chi connectivity index (χ1n) is 13.4. The number of carbonyl (C=O) groups excluding carboxylic acids is 2. The average molecular weight is 539 g/mol. The van der Waals surface area contributed by atoms with E-state index in [2.05, 4.69) is 17.1 Å². The van der Waals surface area contributed by atoms with Crippen LogP contribution < -0.4 is 19.7 Å². The molecule has 1 N–H and O–H groups in total.